The van der Waals surface area contributed by atoms with Crippen molar-refractivity contribution in [2.45, 2.75) is 32.7 Å². The summed E-state index contributed by atoms with van der Waals surface area (Å²) in [5, 5.41) is 20.5. The lowest BCUT2D eigenvalue weighted by molar-refractivity contribution is 0.0693. The summed E-state index contributed by atoms with van der Waals surface area (Å²) in [6.45, 7) is 6.78. The van der Waals surface area contributed by atoms with Crippen LogP contribution in [0.4, 0.5) is 0 Å². The van der Waals surface area contributed by atoms with E-state index < -0.39 is 5.97 Å². The molecule has 3 aromatic carbocycles. The Morgan fingerprint density at radius 1 is 0.938 bits per heavy atom. The molecule has 1 aromatic heterocycles. The molecule has 0 aliphatic carbocycles. The van der Waals surface area contributed by atoms with Crippen molar-refractivity contribution < 1.29 is 15.0 Å². The number of hydrogen-bond acceptors (Lipinski definition) is 2. The number of carboxylic acid groups (broad SMARTS) is 1. The second-order valence-corrected chi connectivity index (χ2v) is 9.14. The van der Waals surface area contributed by atoms with Crippen molar-refractivity contribution in [2.75, 3.05) is 0 Å². The smallest absolute Gasteiger partial charge is 0.339 e. The molecule has 0 spiro atoms. The highest BCUT2D eigenvalue weighted by molar-refractivity contribution is 5.99. The van der Waals surface area contributed by atoms with Gasteiger partial charge in [0.15, 0.2) is 0 Å². The maximum absolute atomic E-state index is 11.8. The van der Waals surface area contributed by atoms with E-state index in [0.717, 1.165) is 39.1 Å². The van der Waals surface area contributed by atoms with Gasteiger partial charge in [0.1, 0.15) is 11.3 Å². The Balaban J connectivity index is 1.92. The van der Waals surface area contributed by atoms with Crippen LogP contribution in [0.15, 0.2) is 72.9 Å². The average molecular weight is 424 g/mol. The Bertz CT molecular complexity index is 1350. The molecule has 0 saturated heterocycles. The number of rotatable bonds is 3. The summed E-state index contributed by atoms with van der Waals surface area (Å²) in [6, 6.07) is 22.2. The number of carboxylic acids is 1. The highest BCUT2D eigenvalue weighted by Gasteiger charge is 2.37. The topological polar surface area (TPSA) is 62.5 Å². The number of nitrogens with zero attached hydrogens (tertiary/aromatic N) is 1. The summed E-state index contributed by atoms with van der Waals surface area (Å²) in [6.07, 6.45) is 2.19. The fourth-order valence-electron chi connectivity index (χ4n) is 5.00. The normalized spacial score (nSPS) is 14.0. The number of carbonyl (C=O) groups is 1. The van der Waals surface area contributed by atoms with Crippen molar-refractivity contribution in [1.29, 1.82) is 0 Å². The minimum atomic E-state index is -1.11. The second kappa shape index (κ2) is 7.13. The second-order valence-electron chi connectivity index (χ2n) is 9.14. The molecule has 4 nitrogen and oxygen atoms in total. The predicted molar refractivity (Wildman–Crippen MR) is 127 cm³/mol. The zero-order chi connectivity index (χ0) is 22.6. The molecule has 0 amide bonds. The molecule has 1 aliphatic rings. The van der Waals surface area contributed by atoms with Crippen LogP contribution in [-0.4, -0.2) is 20.7 Å². The van der Waals surface area contributed by atoms with E-state index >= 15 is 0 Å². The van der Waals surface area contributed by atoms with E-state index in [1.807, 2.05) is 43.3 Å². The number of aromatic carboxylic acids is 1. The van der Waals surface area contributed by atoms with Gasteiger partial charge in [0.25, 0.3) is 0 Å². The van der Waals surface area contributed by atoms with Crippen molar-refractivity contribution in [1.82, 2.24) is 4.57 Å². The number of aromatic hydroxyl groups is 1. The van der Waals surface area contributed by atoms with Gasteiger partial charge in [-0.1, -0.05) is 74.5 Å². The molecule has 2 N–H and O–H groups in total. The van der Waals surface area contributed by atoms with E-state index in [9.17, 15) is 15.0 Å². The molecule has 0 fully saturated rings. The van der Waals surface area contributed by atoms with Crippen LogP contribution in [0, 0.1) is 6.92 Å². The maximum atomic E-state index is 11.8. The highest BCUT2D eigenvalue weighted by Crippen LogP contribution is 2.51. The first kappa shape index (κ1) is 20.1. The molecule has 0 bridgehead atoms. The van der Waals surface area contributed by atoms with Gasteiger partial charge in [-0.25, -0.2) is 4.79 Å². The van der Waals surface area contributed by atoms with Gasteiger partial charge in [0.05, 0.1) is 5.69 Å². The maximum Gasteiger partial charge on any atom is 0.339 e. The molecule has 4 heteroatoms. The van der Waals surface area contributed by atoms with Crippen molar-refractivity contribution >= 4 is 5.97 Å². The molecule has 0 unspecified atom stereocenters. The van der Waals surface area contributed by atoms with Crippen LogP contribution in [0.3, 0.4) is 0 Å². The van der Waals surface area contributed by atoms with Crippen molar-refractivity contribution in [3.05, 3.63) is 89.6 Å². The Labute approximate surface area is 187 Å². The van der Waals surface area contributed by atoms with Gasteiger partial charge in [-0.15, -0.1) is 0 Å². The van der Waals surface area contributed by atoms with E-state index in [2.05, 4.69) is 48.9 Å². The summed E-state index contributed by atoms with van der Waals surface area (Å²) < 4.78 is 2.26. The fraction of sp³-hybridized carbons (Fsp3) is 0.179. The fourth-order valence-corrected chi connectivity index (χ4v) is 5.00. The van der Waals surface area contributed by atoms with Gasteiger partial charge in [-0.2, -0.15) is 0 Å². The van der Waals surface area contributed by atoms with Crippen molar-refractivity contribution in [2.24, 2.45) is 0 Å². The molecule has 0 atom stereocenters. The molecule has 4 aromatic rings. The van der Waals surface area contributed by atoms with E-state index in [4.69, 9.17) is 0 Å². The van der Waals surface area contributed by atoms with E-state index in [-0.39, 0.29) is 16.7 Å². The van der Waals surface area contributed by atoms with Gasteiger partial charge in [-0.05, 0) is 29.7 Å². The third-order valence-electron chi connectivity index (χ3n) is 6.53. The summed E-state index contributed by atoms with van der Waals surface area (Å²) in [7, 11) is 0. The molecule has 0 radical (unpaired) electrons. The quantitative estimate of drug-likeness (QED) is 0.396. The Hall–Kier alpha value is -3.79. The highest BCUT2D eigenvalue weighted by atomic mass is 16.4. The Kier molecular flexibility index (Phi) is 4.48. The lowest BCUT2D eigenvalue weighted by Crippen LogP contribution is -2.30. The summed E-state index contributed by atoms with van der Waals surface area (Å²) in [4.78, 5) is 11.8. The van der Waals surface area contributed by atoms with E-state index in [1.165, 1.54) is 0 Å². The largest absolute Gasteiger partial charge is 0.507 e. The molecular formula is C28H25NO3. The first-order chi connectivity index (χ1) is 15.3. The summed E-state index contributed by atoms with van der Waals surface area (Å²) in [5.41, 5.74) is 7.58. The standard InChI is InChI=1S/C28H25NO3/c1-17-23-22(14-20(26(17)30)27(31)32)28(2,3)16-29-15-21(18-10-6-4-7-11-18)24(25(23)29)19-12-8-5-9-13-19/h4-15,30H,16H2,1-3H3,(H,31,32). The number of aromatic nitrogens is 1. The van der Waals surface area contributed by atoms with Gasteiger partial charge in [0.2, 0.25) is 0 Å². The Morgan fingerprint density at radius 2 is 1.53 bits per heavy atom. The van der Waals surface area contributed by atoms with E-state index in [1.54, 1.807) is 6.07 Å². The van der Waals surface area contributed by atoms with Gasteiger partial charge < -0.3 is 14.8 Å². The molecular weight excluding hydrogens is 398 g/mol. The number of fused-ring (bicyclic) bond motifs is 3. The Morgan fingerprint density at radius 3 is 2.12 bits per heavy atom. The third-order valence-corrected chi connectivity index (χ3v) is 6.53. The lowest BCUT2D eigenvalue weighted by Gasteiger charge is -2.36. The van der Waals surface area contributed by atoms with Crippen LogP contribution in [-0.2, 0) is 12.0 Å². The predicted octanol–water partition coefficient (Wildman–Crippen LogP) is 6.49. The van der Waals surface area contributed by atoms with Crippen LogP contribution < -0.4 is 0 Å². The summed E-state index contributed by atoms with van der Waals surface area (Å²) >= 11 is 0. The van der Waals surface area contributed by atoms with Crippen molar-refractivity contribution in [3.8, 4) is 39.3 Å². The number of hydrogen-bond donors (Lipinski definition) is 2. The first-order valence-corrected chi connectivity index (χ1v) is 10.7. The van der Waals surface area contributed by atoms with Gasteiger partial charge in [0, 0.05) is 40.4 Å². The SMILES string of the molecule is Cc1c(O)c(C(=O)O)cc2c1-c1c(-c3ccccc3)c(-c3ccccc3)cn1CC2(C)C. The van der Waals surface area contributed by atoms with Crippen LogP contribution >= 0.6 is 0 Å². The van der Waals surface area contributed by atoms with Gasteiger partial charge >= 0.3 is 5.97 Å². The minimum Gasteiger partial charge on any atom is -0.507 e. The number of benzene rings is 3. The van der Waals surface area contributed by atoms with Gasteiger partial charge in [-0.3, -0.25) is 0 Å². The minimum absolute atomic E-state index is 0.0427. The van der Waals surface area contributed by atoms with Crippen LogP contribution in [0.1, 0.15) is 35.3 Å². The molecule has 5 rings (SSSR count). The molecule has 160 valence electrons. The average Bonchev–Trinajstić information content (AvgIpc) is 3.14. The lowest BCUT2D eigenvalue weighted by atomic mass is 9.75. The molecule has 32 heavy (non-hydrogen) atoms. The molecule has 2 heterocycles. The van der Waals surface area contributed by atoms with Crippen LogP contribution in [0.25, 0.3) is 33.5 Å². The van der Waals surface area contributed by atoms with Crippen LogP contribution in [0.5, 0.6) is 5.75 Å². The third kappa shape index (κ3) is 2.94. The first-order valence-electron chi connectivity index (χ1n) is 10.7. The number of phenols is 1. The molecule has 0 saturated carbocycles. The zero-order valence-electron chi connectivity index (χ0n) is 18.4. The van der Waals surface area contributed by atoms with Crippen molar-refractivity contribution in [3.63, 3.8) is 0 Å². The summed E-state index contributed by atoms with van der Waals surface area (Å²) in [5.74, 6) is -1.28. The van der Waals surface area contributed by atoms with Crippen LogP contribution in [0.2, 0.25) is 0 Å². The zero-order valence-corrected chi connectivity index (χ0v) is 18.4. The van der Waals surface area contributed by atoms with E-state index in [0.29, 0.717) is 12.1 Å². The molecule has 1 aliphatic heterocycles. The monoisotopic (exact) mass is 423 g/mol.